The van der Waals surface area contributed by atoms with E-state index in [2.05, 4.69) is 26.4 Å². The number of aliphatic imine (C=N–C) groups is 1. The molecule has 1 heterocycles. The molecule has 0 fully saturated rings. The fraction of sp³-hybridized carbons (Fsp3) is 0.312. The molecule has 6 nitrogen and oxygen atoms in total. The molecule has 0 atom stereocenters. The fourth-order valence-electron chi connectivity index (χ4n) is 2.11. The standard InChI is InChI=1S/C16H22N4O2S2/c1-17-16(20-11-15-7-4-8-23-15)19-10-13-5-3-6-14(9-13)12-24(21,22)18-2/h3-9,18H,10-12H2,1-2H3,(H2,17,19,20). The third-order valence-corrected chi connectivity index (χ3v) is 5.56. The SMILES string of the molecule is CN=C(NCc1cccc(CS(=O)(=O)NC)c1)NCc1cccs1. The molecule has 2 rings (SSSR count). The van der Waals surface area contributed by atoms with Crippen LogP contribution in [0.2, 0.25) is 0 Å². The molecular formula is C16H22N4O2S2. The van der Waals surface area contributed by atoms with Crippen LogP contribution in [0.5, 0.6) is 0 Å². The Kier molecular flexibility index (Phi) is 6.77. The number of nitrogens with zero attached hydrogens (tertiary/aromatic N) is 1. The maximum atomic E-state index is 11.6. The normalized spacial score (nSPS) is 12.2. The summed E-state index contributed by atoms with van der Waals surface area (Å²) in [5, 5.41) is 8.52. The van der Waals surface area contributed by atoms with Gasteiger partial charge in [0.05, 0.1) is 12.3 Å². The summed E-state index contributed by atoms with van der Waals surface area (Å²) in [5.74, 6) is 0.680. The fourth-order valence-corrected chi connectivity index (χ4v) is 3.52. The van der Waals surface area contributed by atoms with Crippen LogP contribution >= 0.6 is 11.3 Å². The van der Waals surface area contributed by atoms with Crippen molar-refractivity contribution in [2.24, 2.45) is 4.99 Å². The lowest BCUT2D eigenvalue weighted by Gasteiger charge is -2.12. The van der Waals surface area contributed by atoms with Crippen LogP contribution in [-0.4, -0.2) is 28.5 Å². The smallest absolute Gasteiger partial charge is 0.215 e. The predicted molar refractivity (Wildman–Crippen MR) is 99.5 cm³/mol. The Balaban J connectivity index is 1.90. The number of sulfonamides is 1. The van der Waals surface area contributed by atoms with E-state index in [1.54, 1.807) is 18.4 Å². The predicted octanol–water partition coefficient (Wildman–Crippen LogP) is 1.66. The Bertz CT molecular complexity index is 771. The largest absolute Gasteiger partial charge is 0.352 e. The Morgan fingerprint density at radius 2 is 1.88 bits per heavy atom. The summed E-state index contributed by atoms with van der Waals surface area (Å²) in [5.41, 5.74) is 1.75. The Morgan fingerprint density at radius 1 is 1.12 bits per heavy atom. The lowest BCUT2D eigenvalue weighted by molar-refractivity contribution is 0.587. The highest BCUT2D eigenvalue weighted by Gasteiger charge is 2.09. The second-order valence-electron chi connectivity index (χ2n) is 5.14. The van der Waals surface area contributed by atoms with E-state index in [1.165, 1.54) is 11.9 Å². The van der Waals surface area contributed by atoms with Crippen molar-refractivity contribution in [3.8, 4) is 0 Å². The molecule has 24 heavy (non-hydrogen) atoms. The summed E-state index contributed by atoms with van der Waals surface area (Å²) in [6.45, 7) is 1.29. The quantitative estimate of drug-likeness (QED) is 0.514. The molecule has 0 aliphatic carbocycles. The van der Waals surface area contributed by atoms with Gasteiger partial charge in [-0.3, -0.25) is 4.99 Å². The summed E-state index contributed by atoms with van der Waals surface area (Å²) < 4.78 is 25.6. The van der Waals surface area contributed by atoms with Crippen molar-refractivity contribution >= 4 is 27.3 Å². The number of benzene rings is 1. The van der Waals surface area contributed by atoms with Crippen molar-refractivity contribution < 1.29 is 8.42 Å². The lowest BCUT2D eigenvalue weighted by Crippen LogP contribution is -2.36. The van der Waals surface area contributed by atoms with Crippen molar-refractivity contribution in [2.45, 2.75) is 18.8 Å². The van der Waals surface area contributed by atoms with Crippen LogP contribution in [0.3, 0.4) is 0 Å². The Labute approximate surface area is 147 Å². The molecule has 0 saturated carbocycles. The molecule has 0 amide bonds. The van der Waals surface area contributed by atoms with Gasteiger partial charge >= 0.3 is 0 Å². The molecule has 3 N–H and O–H groups in total. The molecule has 0 saturated heterocycles. The molecule has 0 bridgehead atoms. The summed E-state index contributed by atoms with van der Waals surface area (Å²) in [7, 11) is -0.122. The minimum atomic E-state index is -3.26. The van der Waals surface area contributed by atoms with Crippen molar-refractivity contribution in [1.29, 1.82) is 0 Å². The highest BCUT2D eigenvalue weighted by Crippen LogP contribution is 2.09. The number of nitrogens with one attached hydrogen (secondary N) is 3. The molecule has 0 aliphatic heterocycles. The molecular weight excluding hydrogens is 344 g/mol. The van der Waals surface area contributed by atoms with E-state index in [0.717, 1.165) is 17.7 Å². The third kappa shape index (κ3) is 5.95. The molecule has 0 spiro atoms. The van der Waals surface area contributed by atoms with Gasteiger partial charge in [0.25, 0.3) is 0 Å². The highest BCUT2D eigenvalue weighted by atomic mass is 32.2. The van der Waals surface area contributed by atoms with Crippen LogP contribution in [0.15, 0.2) is 46.8 Å². The van der Waals surface area contributed by atoms with E-state index < -0.39 is 10.0 Å². The second-order valence-corrected chi connectivity index (χ2v) is 8.10. The van der Waals surface area contributed by atoms with E-state index in [0.29, 0.717) is 12.5 Å². The van der Waals surface area contributed by atoms with Gasteiger partial charge < -0.3 is 10.6 Å². The summed E-state index contributed by atoms with van der Waals surface area (Å²) in [4.78, 5) is 5.42. The summed E-state index contributed by atoms with van der Waals surface area (Å²) >= 11 is 1.69. The minimum absolute atomic E-state index is 0.0251. The molecule has 2 aromatic rings. The van der Waals surface area contributed by atoms with Crippen LogP contribution in [-0.2, 0) is 28.9 Å². The summed E-state index contributed by atoms with van der Waals surface area (Å²) in [6, 6.07) is 11.6. The van der Waals surface area contributed by atoms with Crippen LogP contribution in [0.25, 0.3) is 0 Å². The van der Waals surface area contributed by atoms with Gasteiger partial charge in [-0.15, -0.1) is 11.3 Å². The van der Waals surface area contributed by atoms with E-state index in [9.17, 15) is 8.42 Å². The van der Waals surface area contributed by atoms with Gasteiger partial charge in [0.2, 0.25) is 10.0 Å². The number of rotatable bonds is 7. The van der Waals surface area contributed by atoms with Gasteiger partial charge in [0.15, 0.2) is 5.96 Å². The van der Waals surface area contributed by atoms with E-state index in [4.69, 9.17) is 0 Å². The van der Waals surface area contributed by atoms with Crippen molar-refractivity contribution in [1.82, 2.24) is 15.4 Å². The minimum Gasteiger partial charge on any atom is -0.352 e. The first-order chi connectivity index (χ1) is 11.5. The van der Waals surface area contributed by atoms with Crippen LogP contribution in [0.4, 0.5) is 0 Å². The number of thiophene rings is 1. The topological polar surface area (TPSA) is 82.6 Å². The molecule has 130 valence electrons. The molecule has 0 unspecified atom stereocenters. The zero-order valence-corrected chi connectivity index (χ0v) is 15.4. The monoisotopic (exact) mass is 366 g/mol. The van der Waals surface area contributed by atoms with Gasteiger partial charge in [-0.25, -0.2) is 13.1 Å². The van der Waals surface area contributed by atoms with Gasteiger partial charge in [0, 0.05) is 18.5 Å². The zero-order valence-electron chi connectivity index (χ0n) is 13.7. The van der Waals surface area contributed by atoms with Crippen molar-refractivity contribution in [2.75, 3.05) is 14.1 Å². The second kappa shape index (κ2) is 8.81. The van der Waals surface area contributed by atoms with Crippen LogP contribution in [0.1, 0.15) is 16.0 Å². The highest BCUT2D eigenvalue weighted by molar-refractivity contribution is 7.88. The first-order valence-corrected chi connectivity index (χ1v) is 10.0. The number of guanidine groups is 1. The first-order valence-electron chi connectivity index (χ1n) is 7.48. The number of hydrogen-bond donors (Lipinski definition) is 3. The average molecular weight is 367 g/mol. The van der Waals surface area contributed by atoms with Crippen molar-refractivity contribution in [3.63, 3.8) is 0 Å². The molecule has 0 aliphatic rings. The zero-order chi connectivity index (χ0) is 17.4. The van der Waals surface area contributed by atoms with Crippen LogP contribution in [0, 0.1) is 0 Å². The third-order valence-electron chi connectivity index (χ3n) is 3.35. The maximum absolute atomic E-state index is 11.6. The van der Waals surface area contributed by atoms with Gasteiger partial charge in [-0.1, -0.05) is 30.3 Å². The Morgan fingerprint density at radius 3 is 2.54 bits per heavy atom. The van der Waals surface area contributed by atoms with E-state index >= 15 is 0 Å². The molecule has 1 aromatic heterocycles. The Hall–Kier alpha value is -1.90. The van der Waals surface area contributed by atoms with Gasteiger partial charge in [-0.2, -0.15) is 0 Å². The number of hydrogen-bond acceptors (Lipinski definition) is 4. The van der Waals surface area contributed by atoms with E-state index in [1.807, 2.05) is 35.7 Å². The molecule has 8 heteroatoms. The first kappa shape index (κ1) is 18.4. The summed E-state index contributed by atoms with van der Waals surface area (Å²) in [6.07, 6.45) is 0. The van der Waals surface area contributed by atoms with Crippen molar-refractivity contribution in [3.05, 3.63) is 57.8 Å². The lowest BCUT2D eigenvalue weighted by atomic mass is 10.1. The molecule has 0 radical (unpaired) electrons. The van der Waals surface area contributed by atoms with E-state index in [-0.39, 0.29) is 5.75 Å². The maximum Gasteiger partial charge on any atom is 0.215 e. The van der Waals surface area contributed by atoms with Crippen LogP contribution < -0.4 is 15.4 Å². The average Bonchev–Trinajstić information content (AvgIpc) is 3.08. The van der Waals surface area contributed by atoms with Gasteiger partial charge in [-0.05, 0) is 29.6 Å². The van der Waals surface area contributed by atoms with Gasteiger partial charge in [0.1, 0.15) is 0 Å². The molecule has 1 aromatic carbocycles.